The number of nitrogens with two attached hydrogens (primary N) is 1. The van der Waals surface area contributed by atoms with Gasteiger partial charge in [0.05, 0.1) is 23.1 Å². The summed E-state index contributed by atoms with van der Waals surface area (Å²) in [7, 11) is 1.83. The number of carboxylic acids is 1. The Labute approximate surface area is 230 Å². The summed E-state index contributed by atoms with van der Waals surface area (Å²) in [4.78, 5) is 26.6. The topological polar surface area (TPSA) is 135 Å². The van der Waals surface area contributed by atoms with Crippen molar-refractivity contribution in [1.29, 1.82) is 0 Å². The van der Waals surface area contributed by atoms with Gasteiger partial charge >= 0.3 is 12.0 Å². The van der Waals surface area contributed by atoms with Gasteiger partial charge in [0.15, 0.2) is 0 Å². The van der Waals surface area contributed by atoms with Crippen LogP contribution in [0.3, 0.4) is 0 Å². The quantitative estimate of drug-likeness (QED) is 0.355. The van der Waals surface area contributed by atoms with Crippen LogP contribution in [0.15, 0.2) is 30.3 Å². The number of benzene rings is 2. The maximum absolute atomic E-state index is 12.6. The molecule has 0 aliphatic heterocycles. The highest BCUT2D eigenvalue weighted by Gasteiger charge is 2.40. The molecular weight excluding hydrogens is 494 g/mol. The zero-order valence-corrected chi connectivity index (χ0v) is 23.7. The first-order chi connectivity index (χ1) is 18.3. The number of rotatable bonds is 8. The molecule has 9 heteroatoms. The Morgan fingerprint density at radius 3 is 2.41 bits per heavy atom. The number of urea groups is 1. The van der Waals surface area contributed by atoms with Crippen molar-refractivity contribution in [3.63, 3.8) is 0 Å². The Morgan fingerprint density at radius 2 is 1.79 bits per heavy atom. The van der Waals surface area contributed by atoms with E-state index in [0.29, 0.717) is 12.8 Å². The Morgan fingerprint density at radius 1 is 1.13 bits per heavy atom. The lowest BCUT2D eigenvalue weighted by atomic mass is 9.69. The molecule has 2 aromatic carbocycles. The molecule has 1 unspecified atom stereocenters. The van der Waals surface area contributed by atoms with E-state index in [2.05, 4.69) is 10.3 Å². The molecule has 1 fully saturated rings. The molecule has 0 radical (unpaired) electrons. The predicted octanol–water partition coefficient (Wildman–Crippen LogP) is 4.79. The number of fused-ring (bicyclic) bond motifs is 1. The molecule has 1 atom stereocenters. The van der Waals surface area contributed by atoms with Gasteiger partial charge in [-0.1, -0.05) is 55.2 Å². The van der Waals surface area contributed by atoms with Crippen LogP contribution in [0.1, 0.15) is 86.1 Å². The lowest BCUT2D eigenvalue weighted by molar-refractivity contribution is -0.147. The third-order valence-electron chi connectivity index (χ3n) is 8.56. The number of hydrogen-bond donors (Lipinski definition) is 3. The number of aliphatic hydroxyl groups is 1. The highest BCUT2D eigenvalue weighted by Crippen LogP contribution is 2.44. The first-order valence-electron chi connectivity index (χ1n) is 13.7. The summed E-state index contributed by atoms with van der Waals surface area (Å²) in [5, 5.41) is 30.0. The number of aromatic nitrogens is 3. The van der Waals surface area contributed by atoms with Crippen LogP contribution in [0.5, 0.6) is 0 Å². The molecule has 1 heterocycles. The molecule has 3 aromatic rings. The van der Waals surface area contributed by atoms with Gasteiger partial charge in [-0.25, -0.2) is 9.48 Å². The molecule has 4 rings (SSSR count). The Kier molecular flexibility index (Phi) is 8.02. The zero-order valence-electron chi connectivity index (χ0n) is 23.7. The van der Waals surface area contributed by atoms with Crippen molar-refractivity contribution >= 4 is 23.0 Å². The van der Waals surface area contributed by atoms with Crippen LogP contribution < -0.4 is 5.73 Å². The van der Waals surface area contributed by atoms with E-state index >= 15 is 0 Å². The van der Waals surface area contributed by atoms with Gasteiger partial charge in [0.2, 0.25) is 0 Å². The Balaban J connectivity index is 1.76. The number of nitrogens with zero attached hydrogens (tertiary/aromatic N) is 4. The van der Waals surface area contributed by atoms with Gasteiger partial charge in [0.25, 0.3) is 0 Å². The zero-order chi connectivity index (χ0) is 28.5. The first kappa shape index (κ1) is 28.5. The van der Waals surface area contributed by atoms with Gasteiger partial charge < -0.3 is 20.8 Å². The number of carboxylic acid groups (broad SMARTS) is 1. The average Bonchev–Trinajstić information content (AvgIpc) is 3.11. The summed E-state index contributed by atoms with van der Waals surface area (Å²) in [6, 6.07) is 9.22. The van der Waals surface area contributed by atoms with Crippen molar-refractivity contribution in [2.24, 2.45) is 18.2 Å². The fourth-order valence-electron chi connectivity index (χ4n) is 6.03. The van der Waals surface area contributed by atoms with Gasteiger partial charge in [0, 0.05) is 19.5 Å². The highest BCUT2D eigenvalue weighted by atomic mass is 16.4. The second-order valence-corrected chi connectivity index (χ2v) is 11.8. The van der Waals surface area contributed by atoms with Crippen molar-refractivity contribution in [3.8, 4) is 0 Å². The molecule has 1 aromatic heterocycles. The van der Waals surface area contributed by atoms with Crippen molar-refractivity contribution in [1.82, 2.24) is 19.9 Å². The fourth-order valence-corrected chi connectivity index (χ4v) is 6.03. The Hall–Kier alpha value is -3.46. The summed E-state index contributed by atoms with van der Waals surface area (Å²) in [5.74, 6) is -1.41. The number of carbonyl (C=O) groups is 2. The minimum atomic E-state index is -1.15. The molecule has 1 aliphatic rings. The van der Waals surface area contributed by atoms with Crippen LogP contribution in [-0.4, -0.2) is 54.3 Å². The number of aryl methyl sites for hydroxylation is 3. The monoisotopic (exact) mass is 535 g/mol. The maximum atomic E-state index is 12.6. The molecule has 4 N–H and O–H groups in total. The molecule has 0 spiro atoms. The van der Waals surface area contributed by atoms with Gasteiger partial charge in [-0.05, 0) is 74.4 Å². The summed E-state index contributed by atoms with van der Waals surface area (Å²) in [6.45, 7) is 7.80. The maximum Gasteiger partial charge on any atom is 0.315 e. The Bertz CT molecular complexity index is 1370. The SMILES string of the molecule is Cc1ccc(C(c2ccc3c(nnn3C)c2C)C(C)(C)C(=O)O)cc1CN(CC1(O)CCCCCC1)C(N)=O. The lowest BCUT2D eigenvalue weighted by Crippen LogP contribution is -2.47. The van der Waals surface area contributed by atoms with Crippen LogP contribution in [0, 0.1) is 19.3 Å². The third-order valence-corrected chi connectivity index (χ3v) is 8.56. The second kappa shape index (κ2) is 11.0. The van der Waals surface area contributed by atoms with E-state index in [1.54, 1.807) is 18.5 Å². The van der Waals surface area contributed by atoms with Crippen LogP contribution in [0.2, 0.25) is 0 Å². The van der Waals surface area contributed by atoms with Gasteiger partial charge in [-0.15, -0.1) is 5.10 Å². The van der Waals surface area contributed by atoms with Crippen molar-refractivity contribution in [3.05, 3.63) is 58.1 Å². The van der Waals surface area contributed by atoms with Crippen LogP contribution in [0.4, 0.5) is 4.79 Å². The molecular formula is C30H41N5O4. The summed E-state index contributed by atoms with van der Waals surface area (Å²) in [6.07, 6.45) is 5.32. The molecule has 9 nitrogen and oxygen atoms in total. The highest BCUT2D eigenvalue weighted by molar-refractivity contribution is 5.82. The smallest absolute Gasteiger partial charge is 0.315 e. The van der Waals surface area contributed by atoms with Crippen molar-refractivity contribution in [2.45, 2.75) is 84.3 Å². The molecule has 2 amide bonds. The third kappa shape index (κ3) is 5.78. The molecule has 0 saturated heterocycles. The van der Waals surface area contributed by atoms with Gasteiger partial charge in [-0.2, -0.15) is 0 Å². The average molecular weight is 536 g/mol. The number of aliphatic carboxylic acids is 1. The molecule has 1 saturated carbocycles. The standard InChI is InChI=1S/C30H41N5O4/c1-19-10-11-21(16-22(19)17-35(28(31)38)18-30(39)14-8-6-7-9-15-30)25(29(3,4)27(36)37)23-12-13-24-26(20(23)2)32-33-34(24)5/h10-13,16,25,39H,6-9,14-15,17-18H2,1-5H3,(H2,31,38)(H,36,37). The van der Waals surface area contributed by atoms with Gasteiger partial charge in [0.1, 0.15) is 5.52 Å². The first-order valence-corrected chi connectivity index (χ1v) is 13.7. The number of carbonyl (C=O) groups excluding carboxylic acids is 1. The lowest BCUT2D eigenvalue weighted by Gasteiger charge is -2.34. The van der Waals surface area contributed by atoms with Crippen LogP contribution in [-0.2, 0) is 18.4 Å². The van der Waals surface area contributed by atoms with E-state index in [9.17, 15) is 19.8 Å². The number of amides is 2. The van der Waals surface area contributed by atoms with E-state index in [1.807, 2.05) is 51.2 Å². The largest absolute Gasteiger partial charge is 0.481 e. The predicted molar refractivity (Wildman–Crippen MR) is 150 cm³/mol. The summed E-state index contributed by atoms with van der Waals surface area (Å²) < 4.78 is 1.70. The number of hydrogen-bond acceptors (Lipinski definition) is 5. The number of primary amides is 1. The summed E-state index contributed by atoms with van der Waals surface area (Å²) in [5.41, 5.74) is 9.73. The molecule has 39 heavy (non-hydrogen) atoms. The van der Waals surface area contributed by atoms with Gasteiger partial charge in [-0.3, -0.25) is 4.79 Å². The van der Waals surface area contributed by atoms with Crippen LogP contribution >= 0.6 is 0 Å². The van der Waals surface area contributed by atoms with E-state index in [0.717, 1.165) is 64.5 Å². The molecule has 210 valence electrons. The summed E-state index contributed by atoms with van der Waals surface area (Å²) >= 11 is 0. The van der Waals surface area contributed by atoms with E-state index in [-0.39, 0.29) is 13.1 Å². The van der Waals surface area contributed by atoms with Crippen LogP contribution in [0.25, 0.3) is 11.0 Å². The van der Waals surface area contributed by atoms with E-state index in [1.165, 1.54) is 4.90 Å². The van der Waals surface area contributed by atoms with Crippen molar-refractivity contribution in [2.75, 3.05) is 6.54 Å². The minimum Gasteiger partial charge on any atom is -0.481 e. The normalized spacial score (nSPS) is 16.6. The van der Waals surface area contributed by atoms with E-state index < -0.39 is 28.9 Å². The van der Waals surface area contributed by atoms with Crippen molar-refractivity contribution < 1.29 is 19.8 Å². The fraction of sp³-hybridized carbons (Fsp3) is 0.533. The second-order valence-electron chi connectivity index (χ2n) is 11.8. The molecule has 0 bridgehead atoms. The molecule has 1 aliphatic carbocycles. The minimum absolute atomic E-state index is 0.179. The van der Waals surface area contributed by atoms with E-state index in [4.69, 9.17) is 5.73 Å².